The molecule has 0 spiro atoms. The molecule has 8 heteroatoms. The van der Waals surface area contributed by atoms with Crippen LogP contribution in [0.3, 0.4) is 0 Å². The summed E-state index contributed by atoms with van der Waals surface area (Å²) in [6, 6.07) is 3.42. The molecule has 0 aliphatic carbocycles. The average molecular weight is 454 g/mol. The molecule has 0 bridgehead atoms. The molecule has 0 saturated carbocycles. The zero-order valence-corrected chi connectivity index (χ0v) is 18.2. The minimum absolute atomic E-state index is 0.279. The number of amides is 1. The van der Waals surface area contributed by atoms with Gasteiger partial charge in [0, 0.05) is 18.5 Å². The number of benzene rings is 1. The summed E-state index contributed by atoms with van der Waals surface area (Å²) in [5.74, 6) is 1.49. The van der Waals surface area contributed by atoms with Gasteiger partial charge in [0.2, 0.25) is 0 Å². The van der Waals surface area contributed by atoms with E-state index in [1.54, 1.807) is 19.2 Å². The molecule has 6 nitrogen and oxygen atoms in total. The van der Waals surface area contributed by atoms with Crippen LogP contribution in [0.5, 0.6) is 11.5 Å². The van der Waals surface area contributed by atoms with Crippen LogP contribution in [-0.2, 0) is 6.54 Å². The number of nitrogens with zero attached hydrogens (tertiary/aromatic N) is 2. The predicted octanol–water partition coefficient (Wildman–Crippen LogP) is 4.41. The third-order valence-electron chi connectivity index (χ3n) is 4.60. The number of carbonyl (C=O) groups excluding carboxylic acids is 1. The highest BCUT2D eigenvalue weighted by atomic mass is 79.9. The summed E-state index contributed by atoms with van der Waals surface area (Å²) >= 11 is 4.85. The summed E-state index contributed by atoms with van der Waals surface area (Å²) in [6.45, 7) is 5.33. The van der Waals surface area contributed by atoms with Crippen LogP contribution in [0, 0.1) is 5.92 Å². The number of hydrogen-bond donors (Lipinski definition) is 1. The quantitative estimate of drug-likeness (QED) is 0.701. The van der Waals surface area contributed by atoms with Gasteiger partial charge in [-0.2, -0.15) is 0 Å². The molecule has 27 heavy (non-hydrogen) atoms. The molecule has 1 amide bonds. The highest BCUT2D eigenvalue weighted by Crippen LogP contribution is 2.34. The van der Waals surface area contributed by atoms with E-state index < -0.39 is 0 Å². The van der Waals surface area contributed by atoms with Crippen LogP contribution in [0.2, 0.25) is 0 Å². The minimum atomic E-state index is -0.279. The standard InChI is InChI=1S/C19H24BrN3O3S/c1-12-5-4-6-23(9-12)10-13-11-27-19(21-13)22-18(24)15-7-14(25-2)8-16(20)17(15)26-3/h7-8,11-12H,4-6,9-10H2,1-3H3,(H,21,22,24). The number of anilines is 1. The smallest absolute Gasteiger partial charge is 0.261 e. The molecular formula is C19H24BrN3O3S. The molecule has 1 aromatic heterocycles. The van der Waals surface area contributed by atoms with E-state index in [1.165, 1.54) is 31.3 Å². The second-order valence-electron chi connectivity index (χ2n) is 6.77. The van der Waals surface area contributed by atoms with Crippen LogP contribution in [-0.4, -0.2) is 43.1 Å². The van der Waals surface area contributed by atoms with Crippen LogP contribution < -0.4 is 14.8 Å². The largest absolute Gasteiger partial charge is 0.497 e. The van der Waals surface area contributed by atoms with Gasteiger partial charge in [-0.3, -0.25) is 15.0 Å². The summed E-state index contributed by atoms with van der Waals surface area (Å²) in [6.07, 6.45) is 2.53. The number of ether oxygens (including phenoxy) is 2. The van der Waals surface area contributed by atoms with Gasteiger partial charge in [-0.1, -0.05) is 6.92 Å². The van der Waals surface area contributed by atoms with Crippen molar-refractivity contribution >= 4 is 38.3 Å². The van der Waals surface area contributed by atoms with E-state index >= 15 is 0 Å². The summed E-state index contributed by atoms with van der Waals surface area (Å²) in [5.41, 5.74) is 1.38. The van der Waals surface area contributed by atoms with Crippen molar-refractivity contribution in [1.82, 2.24) is 9.88 Å². The zero-order chi connectivity index (χ0) is 19.4. The highest BCUT2D eigenvalue weighted by molar-refractivity contribution is 9.10. The van der Waals surface area contributed by atoms with Crippen LogP contribution in [0.1, 0.15) is 35.8 Å². The van der Waals surface area contributed by atoms with Gasteiger partial charge < -0.3 is 9.47 Å². The van der Waals surface area contributed by atoms with E-state index in [0.29, 0.717) is 26.7 Å². The Bertz CT molecular complexity index is 811. The number of carbonyl (C=O) groups is 1. The molecular weight excluding hydrogens is 430 g/mol. The lowest BCUT2D eigenvalue weighted by Crippen LogP contribution is -2.33. The van der Waals surface area contributed by atoms with Crippen molar-refractivity contribution in [2.45, 2.75) is 26.3 Å². The normalized spacial score (nSPS) is 17.6. The molecule has 2 aromatic rings. The molecule has 0 radical (unpaired) electrons. The van der Waals surface area contributed by atoms with Crippen molar-refractivity contribution in [2.24, 2.45) is 5.92 Å². The maximum absolute atomic E-state index is 12.7. The van der Waals surface area contributed by atoms with E-state index in [0.717, 1.165) is 31.2 Å². The van der Waals surface area contributed by atoms with Crippen LogP contribution in [0.25, 0.3) is 0 Å². The molecule has 1 saturated heterocycles. The van der Waals surface area contributed by atoms with Gasteiger partial charge in [0.15, 0.2) is 5.13 Å². The first-order chi connectivity index (χ1) is 13.0. The number of methoxy groups -OCH3 is 2. The average Bonchev–Trinajstić information content (AvgIpc) is 3.07. The summed E-state index contributed by atoms with van der Waals surface area (Å²) in [4.78, 5) is 19.7. The summed E-state index contributed by atoms with van der Waals surface area (Å²) in [5, 5.41) is 5.46. The Morgan fingerprint density at radius 3 is 2.93 bits per heavy atom. The highest BCUT2D eigenvalue weighted by Gasteiger charge is 2.20. The molecule has 1 unspecified atom stereocenters. The fraction of sp³-hybridized carbons (Fsp3) is 0.474. The van der Waals surface area contributed by atoms with Crippen LogP contribution in [0.15, 0.2) is 22.0 Å². The number of thiazole rings is 1. The number of piperidine rings is 1. The van der Waals surface area contributed by atoms with Gasteiger partial charge in [0.25, 0.3) is 5.91 Å². The molecule has 1 N–H and O–H groups in total. The van der Waals surface area contributed by atoms with Crippen molar-refractivity contribution in [3.63, 3.8) is 0 Å². The molecule has 3 rings (SSSR count). The number of hydrogen-bond acceptors (Lipinski definition) is 6. The Balaban J connectivity index is 1.70. The summed E-state index contributed by atoms with van der Waals surface area (Å²) < 4.78 is 11.3. The molecule has 1 aliphatic rings. The van der Waals surface area contributed by atoms with Gasteiger partial charge in [0.1, 0.15) is 11.5 Å². The van der Waals surface area contributed by atoms with Crippen molar-refractivity contribution < 1.29 is 14.3 Å². The van der Waals surface area contributed by atoms with E-state index in [9.17, 15) is 4.79 Å². The monoisotopic (exact) mass is 453 g/mol. The van der Waals surface area contributed by atoms with Crippen LogP contribution in [0.4, 0.5) is 5.13 Å². The zero-order valence-electron chi connectivity index (χ0n) is 15.8. The Kier molecular flexibility index (Phi) is 6.73. The Labute approximate surface area is 172 Å². The fourth-order valence-corrected chi connectivity index (χ4v) is 4.62. The number of halogens is 1. The van der Waals surface area contributed by atoms with E-state index in [4.69, 9.17) is 9.47 Å². The Hall–Kier alpha value is -1.64. The third-order valence-corrected chi connectivity index (χ3v) is 6.00. The molecule has 2 heterocycles. The molecule has 1 atom stereocenters. The topological polar surface area (TPSA) is 63.7 Å². The number of aromatic nitrogens is 1. The predicted molar refractivity (Wildman–Crippen MR) is 111 cm³/mol. The Morgan fingerprint density at radius 2 is 2.22 bits per heavy atom. The second kappa shape index (κ2) is 9.03. The molecule has 1 fully saturated rings. The van der Waals surface area contributed by atoms with Crippen molar-refractivity contribution in [3.8, 4) is 11.5 Å². The first-order valence-corrected chi connectivity index (χ1v) is 10.6. The minimum Gasteiger partial charge on any atom is -0.497 e. The van der Waals surface area contributed by atoms with Gasteiger partial charge in [0.05, 0.1) is 29.9 Å². The summed E-state index contributed by atoms with van der Waals surface area (Å²) in [7, 11) is 3.09. The van der Waals surface area contributed by atoms with Gasteiger partial charge in [-0.25, -0.2) is 4.98 Å². The van der Waals surface area contributed by atoms with E-state index in [1.807, 2.05) is 5.38 Å². The van der Waals surface area contributed by atoms with Crippen LogP contribution >= 0.6 is 27.3 Å². The second-order valence-corrected chi connectivity index (χ2v) is 8.48. The SMILES string of the molecule is COc1cc(Br)c(OC)c(C(=O)Nc2nc(CN3CCCC(C)C3)cs2)c1. The maximum atomic E-state index is 12.7. The van der Waals surface area contributed by atoms with Crippen molar-refractivity contribution in [3.05, 3.63) is 33.2 Å². The van der Waals surface area contributed by atoms with Crippen molar-refractivity contribution in [2.75, 3.05) is 32.6 Å². The van der Waals surface area contributed by atoms with E-state index in [2.05, 4.69) is 38.1 Å². The lowest BCUT2D eigenvalue weighted by atomic mass is 10.0. The Morgan fingerprint density at radius 1 is 1.41 bits per heavy atom. The fourth-order valence-electron chi connectivity index (χ4n) is 3.32. The van der Waals surface area contributed by atoms with Gasteiger partial charge in [-0.05, 0) is 53.4 Å². The van der Waals surface area contributed by atoms with Gasteiger partial charge >= 0.3 is 0 Å². The molecule has 1 aliphatic heterocycles. The molecule has 146 valence electrons. The maximum Gasteiger partial charge on any atom is 0.261 e. The number of likely N-dealkylation sites (tertiary alicyclic amines) is 1. The first kappa shape index (κ1) is 20.1. The molecule has 1 aromatic carbocycles. The van der Waals surface area contributed by atoms with Crippen molar-refractivity contribution in [1.29, 1.82) is 0 Å². The third kappa shape index (κ3) is 5.00. The number of rotatable bonds is 6. The van der Waals surface area contributed by atoms with E-state index in [-0.39, 0.29) is 5.91 Å². The lowest BCUT2D eigenvalue weighted by molar-refractivity contribution is 0.102. The van der Waals surface area contributed by atoms with Gasteiger partial charge in [-0.15, -0.1) is 11.3 Å². The first-order valence-electron chi connectivity index (χ1n) is 8.89. The number of nitrogens with one attached hydrogen (secondary N) is 1. The lowest BCUT2D eigenvalue weighted by Gasteiger charge is -2.30.